The van der Waals surface area contributed by atoms with Gasteiger partial charge in [-0.3, -0.25) is 14.5 Å². The lowest BCUT2D eigenvalue weighted by Crippen LogP contribution is -2.52. The normalized spacial score (nSPS) is 19.9. The lowest BCUT2D eigenvalue weighted by Gasteiger charge is -2.41. The Morgan fingerprint density at radius 1 is 0.943 bits per heavy atom. The second-order valence-corrected chi connectivity index (χ2v) is 15.2. The number of carbonyl (C=O) groups excluding carboxylic acids is 4. The van der Waals surface area contributed by atoms with Crippen LogP contribution in [0.15, 0.2) is 36.4 Å². The van der Waals surface area contributed by atoms with E-state index in [1.807, 2.05) is 67.8 Å². The number of rotatable bonds is 10. The van der Waals surface area contributed by atoms with Gasteiger partial charge in [0, 0.05) is 50.9 Å². The van der Waals surface area contributed by atoms with E-state index in [2.05, 4.69) is 10.2 Å². The number of urea groups is 1. The molecule has 1 atom stereocenters. The Kier molecular flexibility index (Phi) is 12.9. The Labute approximate surface area is 315 Å². The van der Waals surface area contributed by atoms with Crippen LogP contribution < -0.4 is 16.2 Å². The first-order valence-electron chi connectivity index (χ1n) is 19.7. The number of aromatic hydroxyl groups is 1. The van der Waals surface area contributed by atoms with Crippen molar-refractivity contribution in [2.45, 2.75) is 77.3 Å². The molecule has 53 heavy (non-hydrogen) atoms. The van der Waals surface area contributed by atoms with Crippen molar-refractivity contribution in [3.05, 3.63) is 47.5 Å². The topological polar surface area (TPSA) is 132 Å². The summed E-state index contributed by atoms with van der Waals surface area (Å²) in [6, 6.07) is 11.6. The predicted molar refractivity (Wildman–Crippen MR) is 208 cm³/mol. The van der Waals surface area contributed by atoms with Crippen LogP contribution in [0.4, 0.5) is 15.3 Å². The number of phenols is 1. The molecular formula is C39H55B2N5O7. The standard InChI is InChI=1S/C39H55B2N5O7/c1-3-52-35(47)25-43-15-8-27(9-16-43)28-10-17-44(18-11-28)37(49)34(24-26-22-31(40)36(48)32(23-26)41-2)53-39(51)45-19-13-30(14-20-45)46-21-12-29-6-4-5-7-33(29)42-38(46)50/h4-7,22-23,27-28,30,34,41,48H,3,8-21,24-25,40H2,1-2H3,(H,42,50)/t34-/m1/s1. The van der Waals surface area contributed by atoms with Crippen LogP contribution in [0, 0.1) is 11.8 Å². The highest BCUT2D eigenvalue weighted by Crippen LogP contribution is 2.33. The van der Waals surface area contributed by atoms with Crippen molar-refractivity contribution in [3.8, 4) is 5.75 Å². The second kappa shape index (κ2) is 17.8. The molecule has 4 amide bonds. The van der Waals surface area contributed by atoms with Crippen molar-refractivity contribution in [1.82, 2.24) is 19.6 Å². The summed E-state index contributed by atoms with van der Waals surface area (Å²) in [5.41, 5.74) is 4.35. The van der Waals surface area contributed by atoms with Crippen molar-refractivity contribution < 1.29 is 33.8 Å². The molecular weight excluding hydrogens is 672 g/mol. The van der Waals surface area contributed by atoms with Gasteiger partial charge in [0.25, 0.3) is 5.91 Å². The Bertz CT molecular complexity index is 1620. The monoisotopic (exact) mass is 727 g/mol. The van der Waals surface area contributed by atoms with Gasteiger partial charge in [-0.2, -0.15) is 0 Å². The first-order valence-corrected chi connectivity index (χ1v) is 19.7. The highest BCUT2D eigenvalue weighted by atomic mass is 16.6. The van der Waals surface area contributed by atoms with Crippen LogP contribution in [0.1, 0.15) is 56.6 Å². The maximum absolute atomic E-state index is 14.2. The molecule has 0 aromatic heterocycles. The van der Waals surface area contributed by atoms with E-state index in [9.17, 15) is 24.3 Å². The van der Waals surface area contributed by atoms with Crippen LogP contribution in [-0.4, -0.2) is 135 Å². The van der Waals surface area contributed by atoms with Crippen LogP contribution >= 0.6 is 0 Å². The van der Waals surface area contributed by atoms with E-state index in [-0.39, 0.29) is 36.1 Å². The van der Waals surface area contributed by atoms with Crippen molar-refractivity contribution in [3.63, 3.8) is 0 Å². The maximum Gasteiger partial charge on any atom is 0.410 e. The summed E-state index contributed by atoms with van der Waals surface area (Å²) in [6.07, 6.45) is 4.61. The van der Waals surface area contributed by atoms with Gasteiger partial charge in [-0.25, -0.2) is 9.59 Å². The molecule has 3 saturated heterocycles. The molecule has 3 fully saturated rings. The zero-order valence-corrected chi connectivity index (χ0v) is 31.7. The summed E-state index contributed by atoms with van der Waals surface area (Å²) in [5, 5.41) is 13.6. The van der Waals surface area contributed by atoms with Gasteiger partial charge in [0.05, 0.1) is 13.2 Å². The molecule has 0 bridgehead atoms. The van der Waals surface area contributed by atoms with Crippen molar-refractivity contribution in [1.29, 1.82) is 0 Å². The molecule has 0 spiro atoms. The highest BCUT2D eigenvalue weighted by molar-refractivity contribution is 6.54. The summed E-state index contributed by atoms with van der Waals surface area (Å²) in [4.78, 5) is 60.6. The number of amides is 4. The molecule has 2 N–H and O–H groups in total. The van der Waals surface area contributed by atoms with E-state index in [1.54, 1.807) is 4.90 Å². The third kappa shape index (κ3) is 9.49. The molecule has 12 nitrogen and oxygen atoms in total. The van der Waals surface area contributed by atoms with Crippen molar-refractivity contribution >= 4 is 55.7 Å². The Balaban J connectivity index is 1.06. The average Bonchev–Trinajstić information content (AvgIpc) is 3.34. The summed E-state index contributed by atoms with van der Waals surface area (Å²) >= 11 is 0. The summed E-state index contributed by atoms with van der Waals surface area (Å²) < 4.78 is 11.2. The molecule has 0 saturated carbocycles. The molecule has 6 rings (SSSR count). The minimum absolute atomic E-state index is 0.00401. The molecule has 4 aliphatic rings. The molecule has 2 aromatic carbocycles. The average molecular weight is 728 g/mol. The van der Waals surface area contributed by atoms with Gasteiger partial charge in [0.2, 0.25) is 0 Å². The third-order valence-corrected chi connectivity index (χ3v) is 11.9. The lowest BCUT2D eigenvalue weighted by molar-refractivity contribution is -0.144. The zero-order valence-electron chi connectivity index (χ0n) is 31.7. The fourth-order valence-electron chi connectivity index (χ4n) is 8.78. The number of nitrogens with one attached hydrogen (secondary N) is 1. The third-order valence-electron chi connectivity index (χ3n) is 11.9. The number of esters is 1. The second-order valence-electron chi connectivity index (χ2n) is 15.2. The number of nitrogens with zero attached hydrogens (tertiary/aromatic N) is 4. The number of ether oxygens (including phenoxy) is 2. The molecule has 0 radical (unpaired) electrons. The summed E-state index contributed by atoms with van der Waals surface area (Å²) in [7, 11) is 2.49. The fraction of sp³-hybridized carbons (Fsp3) is 0.590. The molecule has 14 heteroatoms. The SMILES string of the molecule is Bc1cc(C[C@@H](OC(=O)N2CCC(N3CCc4ccccc4NC3=O)CC2)C(=O)N2CCC(C3CCN(CC(=O)OCC)CC3)CC2)cc(BC)c1O. The predicted octanol–water partition coefficient (Wildman–Crippen LogP) is 1.88. The van der Waals surface area contributed by atoms with Crippen LogP contribution in [-0.2, 0) is 31.9 Å². The van der Waals surface area contributed by atoms with Gasteiger partial charge < -0.3 is 34.6 Å². The fourth-order valence-corrected chi connectivity index (χ4v) is 8.78. The smallest absolute Gasteiger partial charge is 0.410 e. The van der Waals surface area contributed by atoms with E-state index in [0.717, 1.165) is 72.9 Å². The quantitative estimate of drug-likeness (QED) is 0.281. The van der Waals surface area contributed by atoms with Gasteiger partial charge in [-0.05, 0) is 105 Å². The molecule has 2 aromatic rings. The lowest BCUT2D eigenvalue weighted by atomic mass is 9.69. The number of para-hydroxylation sites is 1. The maximum atomic E-state index is 14.2. The number of likely N-dealkylation sites (tertiary alicyclic amines) is 3. The van der Waals surface area contributed by atoms with Gasteiger partial charge in [-0.15, -0.1) is 0 Å². The van der Waals surface area contributed by atoms with E-state index in [0.29, 0.717) is 77.8 Å². The zero-order chi connectivity index (χ0) is 37.5. The van der Waals surface area contributed by atoms with E-state index in [4.69, 9.17) is 9.47 Å². The number of piperidine rings is 3. The summed E-state index contributed by atoms with van der Waals surface area (Å²) in [5.74, 6) is 0.985. The number of anilines is 1. The molecule has 4 heterocycles. The van der Waals surface area contributed by atoms with Crippen LogP contribution in [0.5, 0.6) is 5.75 Å². The van der Waals surface area contributed by atoms with Crippen LogP contribution in [0.2, 0.25) is 6.82 Å². The Morgan fingerprint density at radius 3 is 2.28 bits per heavy atom. The van der Waals surface area contributed by atoms with E-state index < -0.39 is 12.2 Å². The van der Waals surface area contributed by atoms with Gasteiger partial charge in [0.15, 0.2) is 13.4 Å². The molecule has 284 valence electrons. The van der Waals surface area contributed by atoms with Crippen molar-refractivity contribution in [2.24, 2.45) is 11.8 Å². The van der Waals surface area contributed by atoms with Crippen LogP contribution in [0.25, 0.3) is 0 Å². The van der Waals surface area contributed by atoms with Crippen molar-refractivity contribution in [2.75, 3.05) is 64.3 Å². The first kappa shape index (κ1) is 38.5. The minimum atomic E-state index is -0.994. The number of phenolic OH excluding ortho intramolecular Hbond substituents is 1. The Hall–Kier alpha value is -4.19. The molecule has 4 aliphatic heterocycles. The van der Waals surface area contributed by atoms with Gasteiger partial charge >= 0.3 is 18.1 Å². The minimum Gasteiger partial charge on any atom is -0.509 e. The largest absolute Gasteiger partial charge is 0.509 e. The van der Waals surface area contributed by atoms with E-state index in [1.165, 1.54) is 0 Å². The number of benzene rings is 2. The highest BCUT2D eigenvalue weighted by Gasteiger charge is 2.37. The number of hydrogen-bond acceptors (Lipinski definition) is 8. The number of carbonyl (C=O) groups is 4. The van der Waals surface area contributed by atoms with Gasteiger partial charge in [-0.1, -0.05) is 37.2 Å². The summed E-state index contributed by atoms with van der Waals surface area (Å²) in [6.45, 7) is 9.02. The number of fused-ring (bicyclic) bond motifs is 1. The van der Waals surface area contributed by atoms with Crippen LogP contribution in [0.3, 0.4) is 0 Å². The van der Waals surface area contributed by atoms with Gasteiger partial charge in [0.1, 0.15) is 13.6 Å². The van der Waals surface area contributed by atoms with E-state index >= 15 is 0 Å². The molecule has 0 aliphatic carbocycles. The Morgan fingerprint density at radius 2 is 1.60 bits per heavy atom. The molecule has 0 unspecified atom stereocenters. The first-order chi connectivity index (χ1) is 25.6. The number of hydrogen-bond donors (Lipinski definition) is 2.